The van der Waals surface area contributed by atoms with Crippen LogP contribution in [-0.2, 0) is 9.53 Å². The zero-order chi connectivity index (χ0) is 16.8. The Bertz CT molecular complexity index is 654. The highest BCUT2D eigenvalue weighted by Gasteiger charge is 2.18. The molecule has 0 spiro atoms. The van der Waals surface area contributed by atoms with Crippen LogP contribution < -0.4 is 5.32 Å². The van der Waals surface area contributed by atoms with Gasteiger partial charge in [-0.05, 0) is 37.7 Å². The van der Waals surface area contributed by atoms with Crippen molar-refractivity contribution in [3.63, 3.8) is 0 Å². The normalized spacial score (nSPS) is 12.0. The Labute approximate surface area is 145 Å². The Balaban J connectivity index is 1.89. The molecule has 0 aliphatic rings. The number of ether oxygens (including phenoxy) is 1. The van der Waals surface area contributed by atoms with Crippen molar-refractivity contribution in [1.82, 2.24) is 15.2 Å². The number of benzene rings is 1. The van der Waals surface area contributed by atoms with E-state index in [1.165, 1.54) is 11.8 Å². The molecule has 0 bridgehead atoms. The van der Waals surface area contributed by atoms with E-state index in [-0.39, 0.29) is 12.0 Å². The third-order valence-corrected chi connectivity index (χ3v) is 5.27. The van der Waals surface area contributed by atoms with E-state index in [1.54, 1.807) is 11.3 Å². The highest BCUT2D eigenvalue weighted by atomic mass is 32.1. The summed E-state index contributed by atoms with van der Waals surface area (Å²) in [5.74, 6) is -0.200. The molecule has 0 amide bonds. The van der Waals surface area contributed by atoms with Gasteiger partial charge in [-0.15, -0.1) is 11.3 Å². The molecule has 0 fully saturated rings. The molecule has 124 valence electrons. The smallest absolute Gasteiger partial charge is 0.305 e. The Morgan fingerprint density at radius 1 is 1.48 bits per heavy atom. The summed E-state index contributed by atoms with van der Waals surface area (Å²) in [4.78, 5) is 17.7. The number of rotatable bonds is 6. The van der Waals surface area contributed by atoms with Gasteiger partial charge in [-0.3, -0.25) is 4.79 Å². The van der Waals surface area contributed by atoms with E-state index in [2.05, 4.69) is 28.0 Å². The number of thiazole rings is 1. The SMILES string of the molecule is COC(=O)CCCNC(=S)N(C)[C@@H](C)c1nc2ccccc2s1. The minimum Gasteiger partial charge on any atom is -0.469 e. The van der Waals surface area contributed by atoms with Gasteiger partial charge in [0.1, 0.15) is 5.01 Å². The molecule has 1 atom stereocenters. The Hall–Kier alpha value is -1.73. The molecule has 0 radical (unpaired) electrons. The standard InChI is InChI=1S/C16H21N3O2S2/c1-11(15-18-12-7-4-5-8-13(12)23-15)19(2)16(22)17-10-6-9-14(20)21-3/h4-5,7-8,11H,6,9-10H2,1-3H3,(H,17,22)/t11-/m0/s1. The van der Waals surface area contributed by atoms with Crippen molar-refractivity contribution < 1.29 is 9.53 Å². The molecule has 0 saturated heterocycles. The molecule has 5 nitrogen and oxygen atoms in total. The van der Waals surface area contributed by atoms with E-state index in [1.807, 2.05) is 30.1 Å². The summed E-state index contributed by atoms with van der Waals surface area (Å²) in [7, 11) is 3.35. The van der Waals surface area contributed by atoms with E-state index in [4.69, 9.17) is 12.2 Å². The molecular formula is C16H21N3O2S2. The molecule has 1 heterocycles. The number of para-hydroxylation sites is 1. The first-order valence-corrected chi connectivity index (χ1v) is 8.68. The van der Waals surface area contributed by atoms with Gasteiger partial charge in [0.15, 0.2) is 5.11 Å². The molecule has 23 heavy (non-hydrogen) atoms. The molecule has 2 rings (SSSR count). The third kappa shape index (κ3) is 4.62. The number of esters is 1. The van der Waals surface area contributed by atoms with Gasteiger partial charge in [-0.1, -0.05) is 12.1 Å². The lowest BCUT2D eigenvalue weighted by Crippen LogP contribution is -2.39. The quantitative estimate of drug-likeness (QED) is 0.490. The molecule has 7 heteroatoms. The second-order valence-corrected chi connectivity index (χ2v) is 6.67. The van der Waals surface area contributed by atoms with Gasteiger partial charge in [0.2, 0.25) is 0 Å². The van der Waals surface area contributed by atoms with Crippen molar-refractivity contribution in [3.05, 3.63) is 29.3 Å². The molecule has 1 N–H and O–H groups in total. The minimum atomic E-state index is -0.200. The van der Waals surface area contributed by atoms with Crippen molar-refractivity contribution in [1.29, 1.82) is 0 Å². The van der Waals surface area contributed by atoms with Gasteiger partial charge >= 0.3 is 5.97 Å². The van der Waals surface area contributed by atoms with Crippen LogP contribution in [0.4, 0.5) is 0 Å². The highest BCUT2D eigenvalue weighted by molar-refractivity contribution is 7.80. The topological polar surface area (TPSA) is 54.5 Å². The van der Waals surface area contributed by atoms with E-state index in [9.17, 15) is 4.79 Å². The third-order valence-electron chi connectivity index (χ3n) is 3.63. The number of nitrogens with zero attached hydrogens (tertiary/aromatic N) is 2. The van der Waals surface area contributed by atoms with Crippen LogP contribution >= 0.6 is 23.6 Å². The summed E-state index contributed by atoms with van der Waals surface area (Å²) < 4.78 is 5.79. The van der Waals surface area contributed by atoms with Gasteiger partial charge in [0.05, 0.1) is 23.4 Å². The van der Waals surface area contributed by atoms with E-state index in [0.717, 1.165) is 10.5 Å². The second kappa shape index (κ2) is 8.21. The molecule has 2 aromatic rings. The predicted octanol–water partition coefficient (Wildman–Crippen LogP) is 3.12. The first-order chi connectivity index (χ1) is 11.0. The van der Waals surface area contributed by atoms with Gasteiger partial charge in [0.25, 0.3) is 0 Å². The lowest BCUT2D eigenvalue weighted by Gasteiger charge is -2.26. The zero-order valence-electron chi connectivity index (χ0n) is 13.5. The number of hydrogen-bond donors (Lipinski definition) is 1. The number of carbonyl (C=O) groups is 1. The average molecular weight is 351 g/mol. The maximum Gasteiger partial charge on any atom is 0.305 e. The number of thiocarbonyl (C=S) groups is 1. The molecule has 0 unspecified atom stereocenters. The Morgan fingerprint density at radius 2 is 2.22 bits per heavy atom. The molecule has 0 saturated carbocycles. The fraction of sp³-hybridized carbons (Fsp3) is 0.438. The van der Waals surface area contributed by atoms with Crippen LogP contribution in [0.15, 0.2) is 24.3 Å². The summed E-state index contributed by atoms with van der Waals surface area (Å²) in [6.45, 7) is 2.73. The van der Waals surface area contributed by atoms with E-state index >= 15 is 0 Å². The van der Waals surface area contributed by atoms with Gasteiger partial charge in [-0.2, -0.15) is 0 Å². The van der Waals surface area contributed by atoms with Crippen LogP contribution in [0.3, 0.4) is 0 Å². The van der Waals surface area contributed by atoms with Crippen molar-refractivity contribution in [2.24, 2.45) is 0 Å². The maximum atomic E-state index is 11.1. The van der Waals surface area contributed by atoms with Crippen molar-refractivity contribution >= 4 is 44.9 Å². The van der Waals surface area contributed by atoms with Crippen LogP contribution in [0, 0.1) is 0 Å². The summed E-state index contributed by atoms with van der Waals surface area (Å²) in [5, 5.41) is 4.86. The summed E-state index contributed by atoms with van der Waals surface area (Å²) in [6.07, 6.45) is 1.08. The monoisotopic (exact) mass is 351 g/mol. The van der Waals surface area contributed by atoms with E-state index in [0.29, 0.717) is 24.5 Å². The van der Waals surface area contributed by atoms with Gasteiger partial charge < -0.3 is 15.0 Å². The van der Waals surface area contributed by atoms with Crippen LogP contribution in [0.5, 0.6) is 0 Å². The maximum absolute atomic E-state index is 11.1. The summed E-state index contributed by atoms with van der Waals surface area (Å²) in [5.41, 5.74) is 1.02. The molecule has 1 aromatic heterocycles. The number of aromatic nitrogens is 1. The highest BCUT2D eigenvalue weighted by Crippen LogP contribution is 2.28. The van der Waals surface area contributed by atoms with Crippen molar-refractivity contribution in [2.75, 3.05) is 20.7 Å². The molecular weight excluding hydrogens is 330 g/mol. The predicted molar refractivity (Wildman–Crippen MR) is 97.6 cm³/mol. The number of fused-ring (bicyclic) bond motifs is 1. The van der Waals surface area contributed by atoms with E-state index < -0.39 is 0 Å². The number of methoxy groups -OCH3 is 1. The van der Waals surface area contributed by atoms with Crippen LogP contribution in [-0.4, -0.2) is 41.7 Å². The fourth-order valence-corrected chi connectivity index (χ4v) is 3.39. The molecule has 0 aliphatic heterocycles. The Kier molecular flexibility index (Phi) is 6.29. The molecule has 0 aliphatic carbocycles. The van der Waals surface area contributed by atoms with Crippen molar-refractivity contribution in [2.45, 2.75) is 25.8 Å². The summed E-state index contributed by atoms with van der Waals surface area (Å²) in [6, 6.07) is 8.20. The first-order valence-electron chi connectivity index (χ1n) is 7.46. The Morgan fingerprint density at radius 3 is 2.91 bits per heavy atom. The van der Waals surface area contributed by atoms with Crippen LogP contribution in [0.1, 0.15) is 30.8 Å². The number of nitrogens with one attached hydrogen (secondary N) is 1. The van der Waals surface area contributed by atoms with Gasteiger partial charge in [0, 0.05) is 20.0 Å². The lowest BCUT2D eigenvalue weighted by molar-refractivity contribution is -0.140. The van der Waals surface area contributed by atoms with Gasteiger partial charge in [-0.25, -0.2) is 4.98 Å². The van der Waals surface area contributed by atoms with Crippen molar-refractivity contribution in [3.8, 4) is 0 Å². The first kappa shape index (κ1) is 17.6. The second-order valence-electron chi connectivity index (χ2n) is 5.22. The lowest BCUT2D eigenvalue weighted by atomic mass is 10.3. The zero-order valence-corrected chi connectivity index (χ0v) is 15.2. The number of carbonyl (C=O) groups excluding carboxylic acids is 1. The fourth-order valence-electron chi connectivity index (χ4n) is 2.07. The summed E-state index contributed by atoms with van der Waals surface area (Å²) >= 11 is 7.10. The largest absolute Gasteiger partial charge is 0.469 e. The van der Waals surface area contributed by atoms with Crippen LogP contribution in [0.25, 0.3) is 10.2 Å². The van der Waals surface area contributed by atoms with Crippen LogP contribution in [0.2, 0.25) is 0 Å². The average Bonchev–Trinajstić information content (AvgIpc) is 3.00. The number of hydrogen-bond acceptors (Lipinski definition) is 5. The molecule has 1 aromatic carbocycles. The minimum absolute atomic E-state index is 0.0907.